The Morgan fingerprint density at radius 1 is 1.14 bits per heavy atom. The van der Waals surface area contributed by atoms with Crippen LogP contribution >= 0.6 is 0 Å². The molecule has 0 amide bonds. The molecule has 0 aliphatic carbocycles. The molecule has 2 aromatic rings. The van der Waals surface area contributed by atoms with E-state index in [4.69, 9.17) is 0 Å². The second-order valence-corrected chi connectivity index (χ2v) is 6.16. The normalized spacial score (nSPS) is 11.3. The molecule has 0 saturated carbocycles. The molecule has 0 radical (unpaired) electrons. The molecule has 0 atom stereocenters. The fourth-order valence-electron chi connectivity index (χ4n) is 1.87. The maximum atomic E-state index is 12.4. The molecule has 0 unspecified atom stereocenters. The van der Waals surface area contributed by atoms with Crippen molar-refractivity contribution in [2.24, 2.45) is 0 Å². The van der Waals surface area contributed by atoms with Gasteiger partial charge in [0, 0.05) is 18.9 Å². The third-order valence-electron chi connectivity index (χ3n) is 2.94. The standard InChI is InChI=1S/C14H18N4O2S/c1-3-15-12-7-5-9-17-14(12)21(19,20)18-10-13-11(2)6-4-8-16-13/h4-9,15,18H,3,10H2,1-2H3. The van der Waals surface area contributed by atoms with Crippen molar-refractivity contribution in [1.82, 2.24) is 14.7 Å². The summed E-state index contributed by atoms with van der Waals surface area (Å²) in [4.78, 5) is 8.14. The van der Waals surface area contributed by atoms with Crippen LogP contribution < -0.4 is 10.0 Å². The molecule has 2 N–H and O–H groups in total. The van der Waals surface area contributed by atoms with E-state index in [1.165, 1.54) is 6.20 Å². The molecule has 2 rings (SSSR count). The predicted octanol–water partition coefficient (Wildman–Crippen LogP) is 1.70. The van der Waals surface area contributed by atoms with Crippen molar-refractivity contribution in [2.45, 2.75) is 25.4 Å². The van der Waals surface area contributed by atoms with Gasteiger partial charge in [-0.3, -0.25) is 4.98 Å². The minimum Gasteiger partial charge on any atom is -0.383 e. The van der Waals surface area contributed by atoms with E-state index in [0.29, 0.717) is 17.9 Å². The second kappa shape index (κ2) is 6.64. The summed E-state index contributed by atoms with van der Waals surface area (Å²) in [6.45, 7) is 4.54. The Bertz CT molecular complexity index is 716. The number of anilines is 1. The Morgan fingerprint density at radius 3 is 2.57 bits per heavy atom. The minimum absolute atomic E-state index is 0.000402. The number of nitrogens with one attached hydrogen (secondary N) is 2. The molecule has 0 bridgehead atoms. The molecule has 2 heterocycles. The van der Waals surface area contributed by atoms with E-state index in [0.717, 1.165) is 5.56 Å². The van der Waals surface area contributed by atoms with Crippen molar-refractivity contribution in [3.8, 4) is 0 Å². The summed E-state index contributed by atoms with van der Waals surface area (Å²) in [7, 11) is -3.69. The third-order valence-corrected chi connectivity index (χ3v) is 4.30. The SMILES string of the molecule is CCNc1cccnc1S(=O)(=O)NCc1ncccc1C. The summed E-state index contributed by atoms with van der Waals surface area (Å²) in [6.07, 6.45) is 3.10. The fourth-order valence-corrected chi connectivity index (χ4v) is 2.96. The van der Waals surface area contributed by atoms with Crippen molar-refractivity contribution in [1.29, 1.82) is 0 Å². The monoisotopic (exact) mass is 306 g/mol. The van der Waals surface area contributed by atoms with Crippen LogP contribution in [0.15, 0.2) is 41.7 Å². The first-order chi connectivity index (χ1) is 10.0. The molecule has 0 aliphatic rings. The van der Waals surface area contributed by atoms with Gasteiger partial charge in [0.25, 0.3) is 10.0 Å². The van der Waals surface area contributed by atoms with Gasteiger partial charge in [0.2, 0.25) is 0 Å². The summed E-state index contributed by atoms with van der Waals surface area (Å²) < 4.78 is 27.3. The first-order valence-corrected chi connectivity index (χ1v) is 8.12. The Kier molecular flexibility index (Phi) is 4.87. The first-order valence-electron chi connectivity index (χ1n) is 6.63. The largest absolute Gasteiger partial charge is 0.383 e. The summed E-state index contributed by atoms with van der Waals surface area (Å²) in [6, 6.07) is 7.09. The van der Waals surface area contributed by atoms with Gasteiger partial charge in [-0.05, 0) is 37.6 Å². The Balaban J connectivity index is 2.21. The highest BCUT2D eigenvalue weighted by molar-refractivity contribution is 7.89. The third kappa shape index (κ3) is 3.77. The summed E-state index contributed by atoms with van der Waals surface area (Å²) in [5.74, 6) is 0. The van der Waals surface area contributed by atoms with Gasteiger partial charge < -0.3 is 5.32 Å². The predicted molar refractivity (Wildman–Crippen MR) is 81.4 cm³/mol. The quantitative estimate of drug-likeness (QED) is 0.848. The zero-order valence-electron chi connectivity index (χ0n) is 12.0. The van der Waals surface area contributed by atoms with E-state index >= 15 is 0 Å². The maximum Gasteiger partial charge on any atom is 0.260 e. The topological polar surface area (TPSA) is 84.0 Å². The summed E-state index contributed by atoms with van der Waals surface area (Å²) >= 11 is 0. The van der Waals surface area contributed by atoms with Crippen LogP contribution in [0.3, 0.4) is 0 Å². The number of hydrogen-bond acceptors (Lipinski definition) is 5. The van der Waals surface area contributed by atoms with E-state index < -0.39 is 10.0 Å². The van der Waals surface area contributed by atoms with Crippen molar-refractivity contribution in [3.63, 3.8) is 0 Å². The number of aryl methyl sites for hydroxylation is 1. The van der Waals surface area contributed by atoms with Crippen LogP contribution in [0.4, 0.5) is 5.69 Å². The molecule has 2 aromatic heterocycles. The summed E-state index contributed by atoms with van der Waals surface area (Å²) in [5, 5.41) is 2.99. The molecule has 6 nitrogen and oxygen atoms in total. The van der Waals surface area contributed by atoms with Crippen LogP contribution in [-0.4, -0.2) is 24.9 Å². The van der Waals surface area contributed by atoms with Gasteiger partial charge in [0.05, 0.1) is 17.9 Å². The number of rotatable bonds is 6. The van der Waals surface area contributed by atoms with Gasteiger partial charge in [0.1, 0.15) is 0 Å². The number of sulfonamides is 1. The van der Waals surface area contributed by atoms with Crippen molar-refractivity contribution < 1.29 is 8.42 Å². The highest BCUT2D eigenvalue weighted by Gasteiger charge is 2.20. The average Bonchev–Trinajstić information content (AvgIpc) is 2.47. The molecule has 112 valence electrons. The van der Waals surface area contributed by atoms with E-state index in [2.05, 4.69) is 20.0 Å². The van der Waals surface area contributed by atoms with E-state index in [-0.39, 0.29) is 11.6 Å². The van der Waals surface area contributed by atoms with Crippen LogP contribution in [0.2, 0.25) is 0 Å². The zero-order chi connectivity index (χ0) is 15.3. The van der Waals surface area contributed by atoms with Gasteiger partial charge in [-0.15, -0.1) is 0 Å². The van der Waals surface area contributed by atoms with Gasteiger partial charge >= 0.3 is 0 Å². The molecule has 0 spiro atoms. The van der Waals surface area contributed by atoms with Crippen LogP contribution in [0, 0.1) is 6.92 Å². The zero-order valence-corrected chi connectivity index (χ0v) is 12.8. The Hall–Kier alpha value is -1.99. The van der Waals surface area contributed by atoms with Crippen molar-refractivity contribution in [3.05, 3.63) is 47.9 Å². The molecule has 0 aromatic carbocycles. The van der Waals surface area contributed by atoms with E-state index in [1.807, 2.05) is 26.0 Å². The van der Waals surface area contributed by atoms with Gasteiger partial charge in [0.15, 0.2) is 5.03 Å². The van der Waals surface area contributed by atoms with Gasteiger partial charge in [-0.2, -0.15) is 0 Å². The van der Waals surface area contributed by atoms with Crippen LogP contribution in [0.1, 0.15) is 18.2 Å². The molecular weight excluding hydrogens is 288 g/mol. The van der Waals surface area contributed by atoms with Gasteiger partial charge in [-0.25, -0.2) is 18.1 Å². The maximum absolute atomic E-state index is 12.4. The fraction of sp³-hybridized carbons (Fsp3) is 0.286. The molecular formula is C14H18N4O2S. The highest BCUT2D eigenvalue weighted by atomic mass is 32.2. The highest BCUT2D eigenvalue weighted by Crippen LogP contribution is 2.17. The van der Waals surface area contributed by atoms with Gasteiger partial charge in [-0.1, -0.05) is 6.07 Å². The number of aromatic nitrogens is 2. The number of nitrogens with zero attached hydrogens (tertiary/aromatic N) is 2. The van der Waals surface area contributed by atoms with Crippen molar-refractivity contribution >= 4 is 15.7 Å². The second-order valence-electron chi connectivity index (χ2n) is 4.48. The van der Waals surface area contributed by atoms with E-state index in [1.54, 1.807) is 18.3 Å². The first kappa shape index (κ1) is 15.4. The van der Waals surface area contributed by atoms with Crippen molar-refractivity contribution in [2.75, 3.05) is 11.9 Å². The summed E-state index contributed by atoms with van der Waals surface area (Å²) in [5.41, 5.74) is 2.13. The lowest BCUT2D eigenvalue weighted by molar-refractivity contribution is 0.576. The lowest BCUT2D eigenvalue weighted by atomic mass is 10.2. The molecule has 0 fully saturated rings. The molecule has 21 heavy (non-hydrogen) atoms. The Morgan fingerprint density at radius 2 is 1.86 bits per heavy atom. The van der Waals surface area contributed by atoms with E-state index in [9.17, 15) is 8.42 Å². The average molecular weight is 306 g/mol. The molecule has 0 aliphatic heterocycles. The Labute approximate surface area is 124 Å². The molecule has 7 heteroatoms. The van der Waals surface area contributed by atoms with Crippen LogP contribution in [0.5, 0.6) is 0 Å². The number of hydrogen-bond donors (Lipinski definition) is 2. The van der Waals surface area contributed by atoms with Crippen LogP contribution in [0.25, 0.3) is 0 Å². The smallest absolute Gasteiger partial charge is 0.260 e. The number of pyridine rings is 2. The lowest BCUT2D eigenvalue weighted by Crippen LogP contribution is -2.26. The molecule has 0 saturated heterocycles. The van der Waals surface area contributed by atoms with Crippen LogP contribution in [-0.2, 0) is 16.6 Å². The lowest BCUT2D eigenvalue weighted by Gasteiger charge is -2.11. The minimum atomic E-state index is -3.69.